The van der Waals surface area contributed by atoms with Crippen LogP contribution in [0.1, 0.15) is 63.8 Å². The van der Waals surface area contributed by atoms with Crippen molar-refractivity contribution in [2.45, 2.75) is 52.4 Å². The lowest BCUT2D eigenvalue weighted by Gasteiger charge is -2.26. The number of aromatic nitrogens is 1. The maximum absolute atomic E-state index is 10.8. The predicted octanol–water partition coefficient (Wildman–Crippen LogP) is 12.5. The molecule has 0 aliphatic heterocycles. The van der Waals surface area contributed by atoms with E-state index in [1.54, 1.807) is 0 Å². The Morgan fingerprint density at radius 2 is 1.06 bits per heavy atom. The lowest BCUT2D eigenvalue weighted by molar-refractivity contribution is 0.590. The summed E-state index contributed by atoms with van der Waals surface area (Å²) in [5.41, 5.74) is 9.73. The molecule has 5 nitrogen and oxygen atoms in total. The van der Waals surface area contributed by atoms with E-state index < -0.39 is 0 Å². The molecule has 2 heterocycles. The number of hydrogen-bond donors (Lipinski definition) is 0. The van der Waals surface area contributed by atoms with Crippen LogP contribution in [0.5, 0.6) is 0 Å². The second kappa shape index (κ2) is 11.7. The minimum atomic E-state index is -0.0478. The van der Waals surface area contributed by atoms with Crippen LogP contribution in [0.4, 0.5) is 17.1 Å². The zero-order chi connectivity index (χ0) is 35.7. The van der Waals surface area contributed by atoms with E-state index in [9.17, 15) is 10.5 Å². The van der Waals surface area contributed by atoms with E-state index in [4.69, 9.17) is 4.42 Å². The molecule has 0 aliphatic rings. The van der Waals surface area contributed by atoms with Gasteiger partial charge in [0.2, 0.25) is 0 Å². The lowest BCUT2D eigenvalue weighted by Crippen LogP contribution is -2.12. The highest BCUT2D eigenvalue weighted by Crippen LogP contribution is 2.43. The first kappa shape index (κ1) is 31.9. The maximum atomic E-state index is 10.8. The predicted molar refractivity (Wildman–Crippen MR) is 210 cm³/mol. The van der Waals surface area contributed by atoms with Crippen molar-refractivity contribution < 1.29 is 4.42 Å². The van der Waals surface area contributed by atoms with Crippen LogP contribution >= 0.6 is 0 Å². The third kappa shape index (κ3) is 5.30. The fraction of sp³-hybridized carbons (Fsp3) is 0.174. The molecule has 0 amide bonds. The highest BCUT2D eigenvalue weighted by atomic mass is 16.3. The molecular weight excluding hydrogens is 625 g/mol. The van der Waals surface area contributed by atoms with E-state index >= 15 is 0 Å². The van der Waals surface area contributed by atoms with Crippen LogP contribution < -0.4 is 4.90 Å². The lowest BCUT2D eigenvalue weighted by atomic mass is 9.85. The number of rotatable bonds is 4. The number of para-hydroxylation sites is 2. The van der Waals surface area contributed by atoms with Crippen LogP contribution in [0.3, 0.4) is 0 Å². The summed E-state index contributed by atoms with van der Waals surface area (Å²) in [5, 5.41) is 26.0. The fourth-order valence-electron chi connectivity index (χ4n) is 7.23. The highest BCUT2D eigenvalue weighted by molar-refractivity contribution is 6.10. The van der Waals surface area contributed by atoms with Gasteiger partial charge in [0.25, 0.3) is 0 Å². The van der Waals surface area contributed by atoms with Crippen molar-refractivity contribution in [1.82, 2.24) is 4.57 Å². The molecule has 2 aromatic heterocycles. The summed E-state index contributed by atoms with van der Waals surface area (Å²) in [5.74, 6) is 0. The summed E-state index contributed by atoms with van der Waals surface area (Å²) in [4.78, 5) is 2.08. The summed E-state index contributed by atoms with van der Waals surface area (Å²) in [6, 6.07) is 46.2. The van der Waals surface area contributed by atoms with E-state index in [2.05, 4.69) is 118 Å². The normalized spacial score (nSPS) is 12.1. The largest absolute Gasteiger partial charge is 0.456 e. The van der Waals surface area contributed by atoms with E-state index in [0.717, 1.165) is 55.1 Å². The second-order valence-corrected chi connectivity index (χ2v) is 15.4. The van der Waals surface area contributed by atoms with Crippen molar-refractivity contribution in [3.8, 4) is 17.8 Å². The van der Waals surface area contributed by atoms with Gasteiger partial charge in [-0.1, -0.05) is 90.1 Å². The Labute approximate surface area is 298 Å². The number of nitrogens with zero attached hydrogens (tertiary/aromatic N) is 4. The van der Waals surface area contributed by atoms with Crippen molar-refractivity contribution in [2.24, 2.45) is 0 Å². The number of benzene rings is 6. The first-order valence-electron chi connectivity index (χ1n) is 17.3. The molecule has 8 rings (SSSR count). The van der Waals surface area contributed by atoms with E-state index in [-0.39, 0.29) is 10.8 Å². The molecule has 0 radical (unpaired) electrons. The third-order valence-electron chi connectivity index (χ3n) is 9.95. The Morgan fingerprint density at radius 3 is 1.63 bits per heavy atom. The van der Waals surface area contributed by atoms with Gasteiger partial charge in [-0.25, -0.2) is 0 Å². The summed E-state index contributed by atoms with van der Waals surface area (Å²) >= 11 is 0. The number of fused-ring (bicyclic) bond motifs is 6. The summed E-state index contributed by atoms with van der Waals surface area (Å²) in [7, 11) is 0. The molecular formula is C46H38N4O. The van der Waals surface area contributed by atoms with Gasteiger partial charge in [0.1, 0.15) is 23.3 Å². The minimum absolute atomic E-state index is 0.0478. The maximum Gasteiger partial charge on any atom is 0.137 e. The Morgan fingerprint density at radius 1 is 0.510 bits per heavy atom. The van der Waals surface area contributed by atoms with Gasteiger partial charge in [0, 0.05) is 44.7 Å². The zero-order valence-corrected chi connectivity index (χ0v) is 29.7. The monoisotopic (exact) mass is 662 g/mol. The topological polar surface area (TPSA) is 68.9 Å². The van der Waals surface area contributed by atoms with Gasteiger partial charge in [-0.3, -0.25) is 0 Å². The van der Waals surface area contributed by atoms with Gasteiger partial charge >= 0.3 is 0 Å². The van der Waals surface area contributed by atoms with Crippen molar-refractivity contribution >= 4 is 60.8 Å². The van der Waals surface area contributed by atoms with Gasteiger partial charge in [0.05, 0.1) is 27.8 Å². The molecule has 6 aromatic carbocycles. The van der Waals surface area contributed by atoms with Gasteiger partial charge in [-0.2, -0.15) is 10.5 Å². The Hall–Kier alpha value is -6.30. The summed E-state index contributed by atoms with van der Waals surface area (Å²) in [6.07, 6.45) is 0. The van der Waals surface area contributed by atoms with Crippen LogP contribution in [0, 0.1) is 22.7 Å². The van der Waals surface area contributed by atoms with Gasteiger partial charge in [-0.15, -0.1) is 0 Å². The highest BCUT2D eigenvalue weighted by Gasteiger charge is 2.25. The van der Waals surface area contributed by atoms with Crippen LogP contribution in [-0.2, 0) is 10.8 Å². The first-order valence-corrected chi connectivity index (χ1v) is 17.3. The molecule has 0 fully saturated rings. The van der Waals surface area contributed by atoms with Crippen molar-refractivity contribution in [3.63, 3.8) is 0 Å². The van der Waals surface area contributed by atoms with E-state index in [1.165, 1.54) is 11.1 Å². The molecule has 8 aromatic rings. The van der Waals surface area contributed by atoms with Crippen LogP contribution in [-0.4, -0.2) is 4.57 Å². The SMILES string of the molecule is CC(C)(C)c1ccc2c(c1)c1cc(C(C)(C)C)ccc1n2-c1c(C#N)cc(N(c2ccccc2)c2ccc3c(c2)oc2ccccc23)cc1C#N. The molecule has 0 unspecified atom stereocenters. The standard InChI is InChI=1S/C46H38N4O/c1-45(2,3)31-16-20-40-38(24-31)39-25-32(46(4,5)6)17-21-41(39)50(40)44-29(27-47)22-35(23-30(44)28-48)49(33-12-8-7-9-13-33)34-18-19-37-36-14-10-11-15-42(36)51-43(37)26-34/h7-26H,1-6H3. The first-order chi connectivity index (χ1) is 24.5. The molecule has 5 heteroatoms. The number of furan rings is 1. The number of hydrogen-bond acceptors (Lipinski definition) is 4. The second-order valence-electron chi connectivity index (χ2n) is 15.4. The summed E-state index contributed by atoms with van der Waals surface area (Å²) < 4.78 is 8.39. The van der Waals surface area contributed by atoms with E-state index in [0.29, 0.717) is 22.5 Å². The number of anilines is 3. The molecule has 51 heavy (non-hydrogen) atoms. The van der Waals surface area contributed by atoms with Gasteiger partial charge < -0.3 is 13.9 Å². The van der Waals surface area contributed by atoms with Gasteiger partial charge in [0.15, 0.2) is 0 Å². The molecule has 248 valence electrons. The minimum Gasteiger partial charge on any atom is -0.456 e. The molecule has 0 saturated carbocycles. The Kier molecular flexibility index (Phi) is 7.30. The zero-order valence-electron chi connectivity index (χ0n) is 29.7. The molecule has 0 atom stereocenters. The summed E-state index contributed by atoms with van der Waals surface area (Å²) in [6.45, 7) is 13.3. The molecule has 0 saturated heterocycles. The molecule has 0 aliphatic carbocycles. The molecule has 0 spiro atoms. The van der Waals surface area contributed by atoms with Crippen molar-refractivity contribution in [2.75, 3.05) is 4.90 Å². The molecule has 0 bridgehead atoms. The number of nitriles is 2. The fourth-order valence-corrected chi connectivity index (χ4v) is 7.23. The Balaban J connectivity index is 1.39. The quantitative estimate of drug-likeness (QED) is 0.188. The average Bonchev–Trinajstić information content (AvgIpc) is 3.65. The van der Waals surface area contributed by atoms with Gasteiger partial charge in [-0.05, 0) is 88.7 Å². The van der Waals surface area contributed by atoms with Crippen LogP contribution in [0.15, 0.2) is 126 Å². The molecule has 0 N–H and O–H groups in total. The average molecular weight is 663 g/mol. The third-order valence-corrected chi connectivity index (χ3v) is 9.95. The smallest absolute Gasteiger partial charge is 0.137 e. The van der Waals surface area contributed by atoms with Crippen molar-refractivity contribution in [1.29, 1.82) is 10.5 Å². The van der Waals surface area contributed by atoms with Crippen molar-refractivity contribution in [3.05, 3.63) is 144 Å². The Bertz CT molecular complexity index is 2630. The van der Waals surface area contributed by atoms with Crippen LogP contribution in [0.2, 0.25) is 0 Å². The van der Waals surface area contributed by atoms with Crippen LogP contribution in [0.25, 0.3) is 49.4 Å². The van der Waals surface area contributed by atoms with E-state index in [1.807, 2.05) is 66.7 Å².